The quantitative estimate of drug-likeness (QED) is 0.427. The number of aromatic nitrogens is 8. The summed E-state index contributed by atoms with van der Waals surface area (Å²) in [4.78, 5) is 21.5. The van der Waals surface area contributed by atoms with Gasteiger partial charge in [0.1, 0.15) is 23.2 Å². The number of anilines is 1. The van der Waals surface area contributed by atoms with Gasteiger partial charge in [-0.3, -0.25) is 14.1 Å². The predicted molar refractivity (Wildman–Crippen MR) is 123 cm³/mol. The lowest BCUT2D eigenvalue weighted by Crippen LogP contribution is -2.46. The number of pyridine rings is 1. The molecule has 33 heavy (non-hydrogen) atoms. The van der Waals surface area contributed by atoms with Crippen LogP contribution in [0.25, 0.3) is 33.9 Å². The van der Waals surface area contributed by atoms with E-state index in [1.165, 1.54) is 0 Å². The van der Waals surface area contributed by atoms with Crippen LogP contribution < -0.4 is 4.90 Å². The SMILES string of the molecule is CCC12CCCN1c1nc(-n3ccnc3-c3nccc4ccccc34)ncc1-n1cnnc12. The van der Waals surface area contributed by atoms with Gasteiger partial charge in [-0.05, 0) is 30.7 Å². The minimum atomic E-state index is -0.177. The summed E-state index contributed by atoms with van der Waals surface area (Å²) < 4.78 is 3.96. The molecule has 2 aliphatic rings. The van der Waals surface area contributed by atoms with Crippen molar-refractivity contribution in [3.8, 4) is 23.2 Å². The third-order valence-corrected chi connectivity index (χ3v) is 7.03. The molecule has 0 saturated carbocycles. The van der Waals surface area contributed by atoms with Gasteiger partial charge in [-0.15, -0.1) is 10.2 Å². The highest BCUT2D eigenvalue weighted by Gasteiger charge is 2.49. The molecule has 1 aromatic carbocycles. The molecule has 0 radical (unpaired) electrons. The molecule has 9 heteroatoms. The monoisotopic (exact) mass is 435 g/mol. The van der Waals surface area contributed by atoms with Crippen LogP contribution >= 0.6 is 0 Å². The number of nitrogens with zero attached hydrogens (tertiary/aromatic N) is 9. The van der Waals surface area contributed by atoms with E-state index in [0.717, 1.165) is 65.4 Å². The standard InChI is InChI=1S/C24H21N9/c1-2-24-9-5-12-33(24)20-18(32-15-28-30-22(24)32)14-27-23(29-20)31-13-11-26-21(31)19-17-7-4-3-6-16(17)8-10-25-19/h3-4,6-8,10-11,13-15H,2,5,9,12H2,1H3. The van der Waals surface area contributed by atoms with Crippen LogP contribution in [-0.4, -0.2) is 45.8 Å². The van der Waals surface area contributed by atoms with E-state index in [2.05, 4.69) is 44.1 Å². The molecule has 0 aliphatic carbocycles. The lowest BCUT2D eigenvalue weighted by Gasteiger charge is -2.42. The minimum Gasteiger partial charge on any atom is -0.342 e. The van der Waals surface area contributed by atoms with E-state index in [-0.39, 0.29) is 5.54 Å². The molecular weight excluding hydrogens is 414 g/mol. The second-order valence-corrected chi connectivity index (χ2v) is 8.55. The van der Waals surface area contributed by atoms with Gasteiger partial charge in [-0.2, -0.15) is 4.98 Å². The summed E-state index contributed by atoms with van der Waals surface area (Å²) in [6.07, 6.45) is 12.2. The first-order valence-corrected chi connectivity index (χ1v) is 11.2. The second kappa shape index (κ2) is 6.68. The Hall–Kier alpha value is -4.14. The van der Waals surface area contributed by atoms with E-state index < -0.39 is 0 Å². The van der Waals surface area contributed by atoms with Crippen LogP contribution in [0.4, 0.5) is 5.82 Å². The average Bonchev–Trinajstić information content (AvgIpc) is 3.63. The number of rotatable bonds is 3. The summed E-state index contributed by atoms with van der Waals surface area (Å²) >= 11 is 0. The van der Waals surface area contributed by atoms with Gasteiger partial charge in [0, 0.05) is 30.5 Å². The molecule has 1 fully saturated rings. The van der Waals surface area contributed by atoms with Gasteiger partial charge in [0.2, 0.25) is 5.95 Å². The smallest absolute Gasteiger partial charge is 0.237 e. The topological polar surface area (TPSA) is 90.4 Å². The molecule has 0 bridgehead atoms. The first-order valence-electron chi connectivity index (χ1n) is 11.2. The normalized spacial score (nSPS) is 18.9. The van der Waals surface area contributed by atoms with Crippen LogP contribution in [0.3, 0.4) is 0 Å². The maximum absolute atomic E-state index is 5.07. The molecule has 1 saturated heterocycles. The molecule has 0 spiro atoms. The molecule has 5 aromatic rings. The second-order valence-electron chi connectivity index (χ2n) is 8.55. The van der Waals surface area contributed by atoms with Crippen LogP contribution in [0.5, 0.6) is 0 Å². The Kier molecular flexibility index (Phi) is 3.73. The Bertz CT molecular complexity index is 1510. The molecule has 0 N–H and O–H groups in total. The lowest BCUT2D eigenvalue weighted by molar-refractivity contribution is 0.382. The third-order valence-electron chi connectivity index (χ3n) is 7.03. The Labute approximate surface area is 189 Å². The van der Waals surface area contributed by atoms with E-state index in [9.17, 15) is 0 Å². The first kappa shape index (κ1) is 18.4. The van der Waals surface area contributed by atoms with Crippen molar-refractivity contribution >= 4 is 16.6 Å². The van der Waals surface area contributed by atoms with E-state index in [1.807, 2.05) is 45.9 Å². The number of hydrogen-bond acceptors (Lipinski definition) is 7. The zero-order valence-electron chi connectivity index (χ0n) is 18.1. The van der Waals surface area contributed by atoms with Gasteiger partial charge < -0.3 is 4.90 Å². The summed E-state index contributed by atoms with van der Waals surface area (Å²) in [6, 6.07) is 10.2. The van der Waals surface area contributed by atoms with Crippen molar-refractivity contribution in [1.82, 2.24) is 39.3 Å². The minimum absolute atomic E-state index is 0.177. The van der Waals surface area contributed by atoms with Crippen molar-refractivity contribution in [2.75, 3.05) is 11.4 Å². The molecule has 9 nitrogen and oxygen atoms in total. The van der Waals surface area contributed by atoms with Crippen LogP contribution in [0, 0.1) is 0 Å². The summed E-state index contributed by atoms with van der Waals surface area (Å²) in [7, 11) is 0. The Balaban J connectivity index is 1.42. The third kappa shape index (κ3) is 2.41. The molecule has 162 valence electrons. The van der Waals surface area contributed by atoms with Crippen molar-refractivity contribution in [1.29, 1.82) is 0 Å². The molecule has 7 rings (SSSR count). The molecular formula is C24H21N9. The van der Waals surface area contributed by atoms with Gasteiger partial charge in [0.25, 0.3) is 0 Å². The molecule has 4 aromatic heterocycles. The summed E-state index contributed by atoms with van der Waals surface area (Å²) in [6.45, 7) is 3.15. The Morgan fingerprint density at radius 1 is 1.03 bits per heavy atom. The van der Waals surface area contributed by atoms with E-state index in [1.54, 1.807) is 12.5 Å². The van der Waals surface area contributed by atoms with Gasteiger partial charge in [-0.1, -0.05) is 31.2 Å². The zero-order chi connectivity index (χ0) is 22.0. The Morgan fingerprint density at radius 2 is 1.97 bits per heavy atom. The number of hydrogen-bond donors (Lipinski definition) is 0. The van der Waals surface area contributed by atoms with E-state index in [0.29, 0.717) is 5.95 Å². The lowest BCUT2D eigenvalue weighted by atomic mass is 9.90. The Morgan fingerprint density at radius 3 is 2.91 bits per heavy atom. The van der Waals surface area contributed by atoms with Crippen LogP contribution in [0.1, 0.15) is 32.0 Å². The molecule has 0 amide bonds. The first-order chi connectivity index (χ1) is 16.3. The van der Waals surface area contributed by atoms with Gasteiger partial charge in [0.05, 0.1) is 6.20 Å². The van der Waals surface area contributed by atoms with E-state index in [4.69, 9.17) is 9.97 Å². The highest BCUT2D eigenvalue weighted by atomic mass is 15.4. The fourth-order valence-corrected chi connectivity index (χ4v) is 5.45. The highest BCUT2D eigenvalue weighted by Crippen LogP contribution is 2.48. The van der Waals surface area contributed by atoms with Gasteiger partial charge >= 0.3 is 0 Å². The maximum Gasteiger partial charge on any atom is 0.237 e. The fraction of sp³-hybridized carbons (Fsp3) is 0.250. The van der Waals surface area contributed by atoms with Gasteiger partial charge in [0.15, 0.2) is 17.5 Å². The summed E-state index contributed by atoms with van der Waals surface area (Å²) in [5.74, 6) is 3.19. The van der Waals surface area contributed by atoms with Crippen LogP contribution in [0.2, 0.25) is 0 Å². The molecule has 1 atom stereocenters. The van der Waals surface area contributed by atoms with Crippen molar-refractivity contribution in [2.24, 2.45) is 0 Å². The summed E-state index contributed by atoms with van der Waals surface area (Å²) in [5, 5.41) is 10.9. The molecule has 1 unspecified atom stereocenters. The highest BCUT2D eigenvalue weighted by molar-refractivity contribution is 5.93. The van der Waals surface area contributed by atoms with Crippen molar-refractivity contribution < 1.29 is 0 Å². The molecule has 2 aliphatic heterocycles. The number of imidazole rings is 1. The number of benzene rings is 1. The average molecular weight is 435 g/mol. The van der Waals surface area contributed by atoms with E-state index >= 15 is 0 Å². The van der Waals surface area contributed by atoms with Crippen LogP contribution in [0.15, 0.2) is 61.4 Å². The van der Waals surface area contributed by atoms with Crippen molar-refractivity contribution in [2.45, 2.75) is 31.7 Å². The van der Waals surface area contributed by atoms with Crippen molar-refractivity contribution in [3.05, 3.63) is 67.3 Å². The molecule has 6 heterocycles. The maximum atomic E-state index is 5.07. The van der Waals surface area contributed by atoms with Gasteiger partial charge in [-0.25, -0.2) is 9.97 Å². The predicted octanol–water partition coefficient (Wildman–Crippen LogP) is 3.68. The number of fused-ring (bicyclic) bond motifs is 7. The van der Waals surface area contributed by atoms with Crippen LogP contribution in [-0.2, 0) is 5.54 Å². The van der Waals surface area contributed by atoms with Crippen molar-refractivity contribution in [3.63, 3.8) is 0 Å². The summed E-state index contributed by atoms with van der Waals surface area (Å²) in [5.41, 5.74) is 1.55. The zero-order valence-corrected chi connectivity index (χ0v) is 18.1. The fourth-order valence-electron chi connectivity index (χ4n) is 5.45. The largest absolute Gasteiger partial charge is 0.342 e.